The second-order valence-corrected chi connectivity index (χ2v) is 8.22. The average Bonchev–Trinajstić information content (AvgIpc) is 2.62. The van der Waals surface area contributed by atoms with Crippen molar-refractivity contribution in [2.75, 3.05) is 0 Å². The van der Waals surface area contributed by atoms with Crippen LogP contribution >= 0.6 is 70.7 Å². The molecule has 0 N–H and O–H groups in total. The number of benzene rings is 1. The molecule has 2 aromatic rings. The summed E-state index contributed by atoms with van der Waals surface area (Å²) in [6.45, 7) is 2.01. The van der Waals surface area contributed by atoms with Crippen LogP contribution in [0.15, 0.2) is 32.5 Å². The summed E-state index contributed by atoms with van der Waals surface area (Å²) in [4.78, 5) is 1.41. The number of hydrogen-bond donors (Lipinski definition) is 0. The largest absolute Gasteiger partial charge is 0.131 e. The summed E-state index contributed by atoms with van der Waals surface area (Å²) in [5.74, 6) is 0. The lowest BCUT2D eigenvalue weighted by molar-refractivity contribution is 1.21. The Morgan fingerprint density at radius 2 is 1.94 bits per heavy atom. The van der Waals surface area contributed by atoms with E-state index in [0.29, 0.717) is 0 Å². The van der Waals surface area contributed by atoms with Crippen LogP contribution in [0.4, 0.5) is 0 Å². The van der Waals surface area contributed by atoms with E-state index in [0.717, 1.165) is 18.8 Å². The third-order valence-electron chi connectivity index (χ3n) is 2.40. The van der Waals surface area contributed by atoms with Gasteiger partial charge in [-0.25, -0.2) is 0 Å². The van der Waals surface area contributed by atoms with E-state index < -0.39 is 0 Å². The molecule has 0 radical (unpaired) electrons. The molecule has 0 aliphatic heterocycles. The van der Waals surface area contributed by atoms with E-state index in [1.165, 1.54) is 10.4 Å². The van der Waals surface area contributed by atoms with Gasteiger partial charge in [0.15, 0.2) is 0 Å². The molecule has 0 saturated carbocycles. The number of halogens is 4. The van der Waals surface area contributed by atoms with Gasteiger partial charge in [-0.2, -0.15) is 0 Å². The van der Waals surface area contributed by atoms with Crippen molar-refractivity contribution >= 4 is 70.7 Å². The first-order chi connectivity index (χ1) is 7.99. The van der Waals surface area contributed by atoms with Crippen molar-refractivity contribution in [2.24, 2.45) is 0 Å². The van der Waals surface area contributed by atoms with Gasteiger partial charge >= 0.3 is 0 Å². The Labute approximate surface area is 135 Å². The summed E-state index contributed by atoms with van der Waals surface area (Å²) in [6.07, 6.45) is 0. The van der Waals surface area contributed by atoms with Crippen LogP contribution in [0, 0.1) is 6.92 Å². The molecule has 0 aliphatic carbocycles. The van der Waals surface area contributed by atoms with Crippen molar-refractivity contribution in [1.29, 1.82) is 0 Å². The molecule has 0 fully saturated rings. The molecule has 0 bridgehead atoms. The van der Waals surface area contributed by atoms with E-state index in [1.54, 1.807) is 11.3 Å². The Morgan fingerprint density at radius 3 is 2.47 bits per heavy atom. The molecule has 90 valence electrons. The van der Waals surface area contributed by atoms with Gasteiger partial charge < -0.3 is 0 Å². The predicted molar refractivity (Wildman–Crippen MR) is 86.7 cm³/mol. The Bertz CT molecular complexity index is 531. The summed E-state index contributed by atoms with van der Waals surface area (Å²) in [6, 6.07) is 8.27. The molecule has 1 aromatic carbocycles. The molecule has 0 amide bonds. The number of rotatable bonds is 2. The van der Waals surface area contributed by atoms with Crippen molar-refractivity contribution in [2.45, 2.75) is 11.8 Å². The minimum atomic E-state index is 0.174. The summed E-state index contributed by atoms with van der Waals surface area (Å²) < 4.78 is 2.19. The van der Waals surface area contributed by atoms with E-state index in [4.69, 9.17) is 11.6 Å². The summed E-state index contributed by atoms with van der Waals surface area (Å²) >= 11 is 18.6. The lowest BCUT2D eigenvalue weighted by Crippen LogP contribution is -1.90. The maximum Gasteiger partial charge on any atom is 0.0843 e. The van der Waals surface area contributed by atoms with Crippen LogP contribution < -0.4 is 0 Å². The zero-order valence-electron chi connectivity index (χ0n) is 8.81. The number of aryl methyl sites for hydroxylation is 1. The van der Waals surface area contributed by atoms with Gasteiger partial charge in [-0.3, -0.25) is 0 Å². The fraction of sp³-hybridized carbons (Fsp3) is 0.167. The van der Waals surface area contributed by atoms with Crippen LogP contribution in [-0.2, 0) is 0 Å². The first-order valence-corrected chi connectivity index (χ1v) is 8.53. The van der Waals surface area contributed by atoms with Gasteiger partial charge in [0.05, 0.1) is 8.61 Å². The van der Waals surface area contributed by atoms with Gasteiger partial charge in [0.2, 0.25) is 0 Å². The zero-order valence-corrected chi connectivity index (χ0v) is 15.1. The quantitative estimate of drug-likeness (QED) is 0.438. The molecule has 0 nitrogen and oxygen atoms in total. The molecule has 5 heteroatoms. The first kappa shape index (κ1) is 14.1. The van der Waals surface area contributed by atoms with Crippen LogP contribution in [0.25, 0.3) is 0 Å². The van der Waals surface area contributed by atoms with Gasteiger partial charge in [0, 0.05) is 14.4 Å². The highest BCUT2D eigenvalue weighted by Gasteiger charge is 2.15. The van der Waals surface area contributed by atoms with Crippen molar-refractivity contribution in [3.05, 3.63) is 53.6 Å². The predicted octanol–water partition coefficient (Wildman–Crippen LogP) is 6.72. The molecular weight excluding hydrogens is 451 g/mol. The summed E-state index contributed by atoms with van der Waals surface area (Å²) in [5.41, 5.74) is 2.27. The van der Waals surface area contributed by atoms with E-state index >= 15 is 0 Å². The molecule has 0 aliphatic rings. The molecule has 0 saturated heterocycles. The van der Waals surface area contributed by atoms with Gasteiger partial charge in [0.1, 0.15) is 0 Å². The second kappa shape index (κ2) is 5.74. The van der Waals surface area contributed by atoms with Gasteiger partial charge in [0.25, 0.3) is 0 Å². The lowest BCUT2D eigenvalue weighted by Gasteiger charge is -2.09. The smallest absolute Gasteiger partial charge is 0.0843 e. The fourth-order valence-corrected chi connectivity index (χ4v) is 4.40. The maximum atomic E-state index is 6.15. The normalized spacial score (nSPS) is 12.8. The van der Waals surface area contributed by atoms with E-state index in [2.05, 4.69) is 59.9 Å². The summed E-state index contributed by atoms with van der Waals surface area (Å²) in [5, 5.41) is 0.807. The number of alkyl halides is 1. The van der Waals surface area contributed by atoms with Gasteiger partial charge in [-0.05, 0) is 62.0 Å². The number of hydrogen-bond acceptors (Lipinski definition) is 1. The molecule has 17 heavy (non-hydrogen) atoms. The van der Waals surface area contributed by atoms with Crippen LogP contribution in [0.5, 0.6) is 0 Å². The van der Waals surface area contributed by atoms with Gasteiger partial charge in [-0.15, -0.1) is 11.3 Å². The monoisotopic (exact) mass is 456 g/mol. The van der Waals surface area contributed by atoms with E-state index in [1.807, 2.05) is 19.1 Å². The van der Waals surface area contributed by atoms with Crippen molar-refractivity contribution in [1.82, 2.24) is 0 Å². The molecule has 1 atom stereocenters. The Hall–Kier alpha value is 0.650. The maximum absolute atomic E-state index is 6.15. The topological polar surface area (TPSA) is 0 Å². The van der Waals surface area contributed by atoms with Gasteiger partial charge in [-0.1, -0.05) is 39.7 Å². The van der Waals surface area contributed by atoms with Crippen LogP contribution in [0.2, 0.25) is 5.02 Å². The van der Waals surface area contributed by atoms with E-state index in [-0.39, 0.29) is 4.83 Å². The molecule has 0 spiro atoms. The Kier molecular flexibility index (Phi) is 4.75. The minimum absolute atomic E-state index is 0.174. The number of thiophene rings is 1. The second-order valence-electron chi connectivity index (χ2n) is 3.64. The molecule has 1 heterocycles. The highest BCUT2D eigenvalue weighted by Crippen LogP contribution is 2.41. The third-order valence-corrected chi connectivity index (χ3v) is 7.46. The lowest BCUT2D eigenvalue weighted by atomic mass is 10.1. The highest BCUT2D eigenvalue weighted by atomic mass is 79.9. The Balaban J connectivity index is 2.36. The standard InChI is InChI=1S/C12H8Br3ClS/c1-6-2-3-7(4-9(6)16)11(14)10-5-8(13)12(15)17-10/h2-5,11H,1H3. The fourth-order valence-electron chi connectivity index (χ4n) is 1.42. The third kappa shape index (κ3) is 3.16. The van der Waals surface area contributed by atoms with Crippen molar-refractivity contribution in [3.63, 3.8) is 0 Å². The van der Waals surface area contributed by atoms with Crippen LogP contribution in [0.1, 0.15) is 20.8 Å². The Morgan fingerprint density at radius 1 is 1.24 bits per heavy atom. The molecule has 2 rings (SSSR count). The highest BCUT2D eigenvalue weighted by molar-refractivity contribution is 9.13. The molecular formula is C12H8Br3ClS. The zero-order chi connectivity index (χ0) is 12.6. The van der Waals surface area contributed by atoms with Crippen molar-refractivity contribution < 1.29 is 0 Å². The summed E-state index contributed by atoms with van der Waals surface area (Å²) in [7, 11) is 0. The minimum Gasteiger partial charge on any atom is -0.131 e. The van der Waals surface area contributed by atoms with Crippen molar-refractivity contribution in [3.8, 4) is 0 Å². The SMILES string of the molecule is Cc1ccc(C(Br)c2cc(Br)c(Br)s2)cc1Cl. The van der Waals surface area contributed by atoms with E-state index in [9.17, 15) is 0 Å². The average molecular weight is 459 g/mol. The molecule has 1 aromatic heterocycles. The molecule has 1 unspecified atom stereocenters. The first-order valence-electron chi connectivity index (χ1n) is 4.84. The van der Waals surface area contributed by atoms with Crippen LogP contribution in [-0.4, -0.2) is 0 Å². The van der Waals surface area contributed by atoms with Crippen LogP contribution in [0.3, 0.4) is 0 Å².